The first-order chi connectivity index (χ1) is 32.1. The SMILES string of the molecule is CCCCCCCCCCCCCCCCCCCCCCC(=O)O[C@]12[C@H]3[C@@H](OC(=O)c4ccccc4)[C@](O)(C[C@H]3[C@@]34C5[C@@H]1[C@H](OC)[C@@H]3[C@@](COC)(CC[C@@H]4OC)CN5CC)[C@@H](OC)[C@@H]2O. The number of unbranched alkanes of at least 4 members (excludes halogenated alkanes) is 19. The monoisotopic (exact) mass is 924 g/mol. The molecule has 6 aliphatic rings. The molecule has 0 radical (unpaired) electrons. The quantitative estimate of drug-likeness (QED) is 0.0565. The second kappa shape index (κ2) is 23.2. The van der Waals surface area contributed by atoms with Crippen LogP contribution in [-0.2, 0) is 33.2 Å². The number of methoxy groups -OCH3 is 4. The number of piperidine rings is 1. The van der Waals surface area contributed by atoms with Crippen LogP contribution in [-0.4, -0.2) is 123 Å². The van der Waals surface area contributed by atoms with Crippen molar-refractivity contribution in [2.45, 2.75) is 216 Å². The summed E-state index contributed by atoms with van der Waals surface area (Å²) in [5.74, 6) is -2.76. The summed E-state index contributed by atoms with van der Waals surface area (Å²) in [5, 5.41) is 26.2. The molecule has 1 aliphatic heterocycles. The molecule has 2 N–H and O–H groups in total. The van der Waals surface area contributed by atoms with Crippen LogP contribution in [0.4, 0.5) is 0 Å². The third-order valence-electron chi connectivity index (χ3n) is 18.2. The second-order valence-electron chi connectivity index (χ2n) is 21.7. The molecule has 1 spiro atoms. The van der Waals surface area contributed by atoms with Gasteiger partial charge < -0.3 is 38.6 Å². The van der Waals surface area contributed by atoms with Crippen LogP contribution < -0.4 is 0 Å². The highest BCUT2D eigenvalue weighted by molar-refractivity contribution is 5.89. The number of ether oxygens (including phenoxy) is 6. The molecule has 66 heavy (non-hydrogen) atoms. The Morgan fingerprint density at radius 1 is 0.727 bits per heavy atom. The van der Waals surface area contributed by atoms with E-state index in [1.54, 1.807) is 45.6 Å². The summed E-state index contributed by atoms with van der Waals surface area (Å²) in [6, 6.07) is 8.58. The maximum absolute atomic E-state index is 14.6. The van der Waals surface area contributed by atoms with E-state index in [-0.39, 0.29) is 48.2 Å². The maximum atomic E-state index is 14.6. The number of rotatable bonds is 30. The molecule has 1 aromatic carbocycles. The molecule has 6 fully saturated rings. The molecule has 5 aliphatic carbocycles. The van der Waals surface area contributed by atoms with Gasteiger partial charge in [-0.2, -0.15) is 0 Å². The van der Waals surface area contributed by atoms with Crippen LogP contribution in [0.3, 0.4) is 0 Å². The summed E-state index contributed by atoms with van der Waals surface area (Å²) < 4.78 is 39.2. The first-order valence-corrected chi connectivity index (χ1v) is 26.8. The van der Waals surface area contributed by atoms with Gasteiger partial charge in [-0.05, 0) is 50.3 Å². The molecule has 1 saturated heterocycles. The van der Waals surface area contributed by atoms with Gasteiger partial charge in [0.25, 0.3) is 0 Å². The zero-order valence-corrected chi connectivity index (χ0v) is 41.9. The Kier molecular flexibility index (Phi) is 18.2. The minimum Gasteiger partial charge on any atom is -0.455 e. The molecule has 7 bridgehead atoms. The second-order valence-corrected chi connectivity index (χ2v) is 21.7. The fourth-order valence-electron chi connectivity index (χ4n) is 15.9. The highest BCUT2D eigenvalue weighted by atomic mass is 16.6. The third-order valence-corrected chi connectivity index (χ3v) is 18.2. The van der Waals surface area contributed by atoms with E-state index in [9.17, 15) is 19.8 Å². The lowest BCUT2D eigenvalue weighted by atomic mass is 9.43. The minimum absolute atomic E-state index is 0.108. The van der Waals surface area contributed by atoms with Crippen LogP contribution >= 0.6 is 0 Å². The number of benzene rings is 1. The number of fused-ring (bicyclic) bond motifs is 2. The van der Waals surface area contributed by atoms with Crippen molar-refractivity contribution in [3.8, 4) is 0 Å². The molecular formula is C55H89NO10. The van der Waals surface area contributed by atoms with Gasteiger partial charge in [-0.25, -0.2) is 4.79 Å². The summed E-state index contributed by atoms with van der Waals surface area (Å²) in [5.41, 5.74) is -3.97. The number of nitrogens with zero attached hydrogens (tertiary/aromatic N) is 1. The van der Waals surface area contributed by atoms with Crippen molar-refractivity contribution in [3.05, 3.63) is 35.9 Å². The van der Waals surface area contributed by atoms with Gasteiger partial charge in [0.1, 0.15) is 23.9 Å². The normalized spacial score (nSPS) is 37.3. The number of hydrogen-bond donors (Lipinski definition) is 2. The van der Waals surface area contributed by atoms with Crippen molar-refractivity contribution in [1.82, 2.24) is 4.90 Å². The standard InChI is InChI=1S/C55H89NO10/c1-7-9-10-11-12-13-14-15-16-17-18-19-20-21-22-23-24-25-26-30-33-42(57)66-55-43-40(36-53(60,50(64-6)48(55)58)49(43)65-51(59)39-31-28-27-29-32-39)54-41(62-4)34-35-52(38-61-3)37-56(8-2)47(54)44(55)45(63-5)46(52)54/h27-29,31-32,40-41,43-50,58,60H,7-26,30,33-38H2,1-6H3/t40-,41+,43-,44+,45+,46-,47?,48+,49-,50+,52+,53-,54+,55-/m1/s1. The van der Waals surface area contributed by atoms with Crippen molar-refractivity contribution in [2.24, 2.45) is 34.5 Å². The van der Waals surface area contributed by atoms with Gasteiger partial charge in [-0.15, -0.1) is 0 Å². The number of likely N-dealkylation sites (tertiary alicyclic amines) is 1. The van der Waals surface area contributed by atoms with E-state index < -0.39 is 58.8 Å². The lowest BCUT2D eigenvalue weighted by molar-refractivity contribution is -0.318. The molecule has 374 valence electrons. The minimum atomic E-state index is -1.77. The predicted molar refractivity (Wildman–Crippen MR) is 256 cm³/mol. The molecule has 1 heterocycles. The average Bonchev–Trinajstić information content (AvgIpc) is 3.70. The van der Waals surface area contributed by atoms with Gasteiger partial charge in [0.15, 0.2) is 5.60 Å². The summed E-state index contributed by atoms with van der Waals surface area (Å²) in [6.45, 7) is 6.44. The lowest BCUT2D eigenvalue weighted by Gasteiger charge is -2.69. The Hall–Kier alpha value is -2.12. The van der Waals surface area contributed by atoms with Crippen LogP contribution in [0.2, 0.25) is 0 Å². The van der Waals surface area contributed by atoms with Crippen molar-refractivity contribution in [3.63, 3.8) is 0 Å². The van der Waals surface area contributed by atoms with Crippen molar-refractivity contribution in [2.75, 3.05) is 48.1 Å². The first-order valence-electron chi connectivity index (χ1n) is 26.8. The average molecular weight is 924 g/mol. The van der Waals surface area contributed by atoms with E-state index in [1.807, 2.05) is 6.07 Å². The first kappa shape index (κ1) is 51.7. The fourth-order valence-corrected chi connectivity index (χ4v) is 15.9. The van der Waals surface area contributed by atoms with Crippen LogP contribution in [0.15, 0.2) is 30.3 Å². The highest BCUT2D eigenvalue weighted by Crippen LogP contribution is 2.80. The maximum Gasteiger partial charge on any atom is 0.338 e. The van der Waals surface area contributed by atoms with Crippen molar-refractivity contribution < 1.29 is 48.2 Å². The number of aliphatic hydroxyl groups excluding tert-OH is 1. The van der Waals surface area contributed by atoms with E-state index in [2.05, 4.69) is 18.7 Å². The topological polar surface area (TPSA) is 133 Å². The molecule has 11 heteroatoms. The number of hydrogen-bond acceptors (Lipinski definition) is 11. The number of aliphatic hydroxyl groups is 2. The van der Waals surface area contributed by atoms with Gasteiger partial charge in [0.2, 0.25) is 0 Å². The lowest BCUT2D eigenvalue weighted by Crippen LogP contribution is -2.81. The van der Waals surface area contributed by atoms with Gasteiger partial charge >= 0.3 is 11.9 Å². The molecule has 1 unspecified atom stereocenters. The van der Waals surface area contributed by atoms with Crippen LogP contribution in [0, 0.1) is 34.5 Å². The molecule has 0 aromatic heterocycles. The van der Waals surface area contributed by atoms with Crippen molar-refractivity contribution >= 4 is 11.9 Å². The molecule has 14 atom stereocenters. The van der Waals surface area contributed by atoms with Crippen LogP contribution in [0.25, 0.3) is 0 Å². The summed E-state index contributed by atoms with van der Waals surface area (Å²) in [4.78, 5) is 31.3. The summed E-state index contributed by atoms with van der Waals surface area (Å²) in [6.07, 6.45) is 23.2. The van der Waals surface area contributed by atoms with Crippen LogP contribution in [0.1, 0.15) is 178 Å². The van der Waals surface area contributed by atoms with Crippen LogP contribution in [0.5, 0.6) is 0 Å². The fraction of sp³-hybridized carbons (Fsp3) is 0.855. The smallest absolute Gasteiger partial charge is 0.338 e. The third kappa shape index (κ3) is 9.32. The Bertz CT molecular complexity index is 1680. The molecule has 11 nitrogen and oxygen atoms in total. The van der Waals surface area contributed by atoms with E-state index in [0.717, 1.165) is 45.2 Å². The Balaban J connectivity index is 1.03. The number of carbonyl (C=O) groups is 2. The van der Waals surface area contributed by atoms with Gasteiger partial charge in [0, 0.05) is 76.0 Å². The molecule has 5 saturated carbocycles. The summed E-state index contributed by atoms with van der Waals surface area (Å²) in [7, 11) is 6.75. The van der Waals surface area contributed by atoms with Gasteiger partial charge in [0.05, 0.1) is 24.4 Å². The zero-order chi connectivity index (χ0) is 47.0. The Morgan fingerprint density at radius 3 is 1.82 bits per heavy atom. The molecule has 1 aromatic rings. The van der Waals surface area contributed by atoms with Crippen molar-refractivity contribution in [1.29, 1.82) is 0 Å². The predicted octanol–water partition coefficient (Wildman–Crippen LogP) is 9.87. The number of esters is 2. The Morgan fingerprint density at radius 2 is 1.30 bits per heavy atom. The van der Waals surface area contributed by atoms with Gasteiger partial charge in [-0.3, -0.25) is 9.69 Å². The Labute approximate surface area is 398 Å². The van der Waals surface area contributed by atoms with Gasteiger partial charge in [-0.1, -0.05) is 154 Å². The largest absolute Gasteiger partial charge is 0.455 e. The van der Waals surface area contributed by atoms with E-state index in [4.69, 9.17) is 28.4 Å². The zero-order valence-electron chi connectivity index (χ0n) is 41.9. The van der Waals surface area contributed by atoms with E-state index in [0.29, 0.717) is 18.6 Å². The number of carbonyl (C=O) groups excluding carboxylic acids is 2. The van der Waals surface area contributed by atoms with E-state index in [1.165, 1.54) is 110 Å². The summed E-state index contributed by atoms with van der Waals surface area (Å²) >= 11 is 0. The molecular weight excluding hydrogens is 835 g/mol. The van der Waals surface area contributed by atoms with E-state index >= 15 is 0 Å². The molecule has 7 rings (SSSR count). The molecule has 0 amide bonds. The highest BCUT2D eigenvalue weighted by Gasteiger charge is 2.91.